The van der Waals surface area contributed by atoms with E-state index < -0.39 is 16.6 Å². The van der Waals surface area contributed by atoms with Gasteiger partial charge in [0, 0.05) is 30.6 Å². The highest BCUT2D eigenvalue weighted by Crippen LogP contribution is 2.20. The molecule has 0 amide bonds. The molecule has 0 bridgehead atoms. The number of aromatic carboxylic acids is 1. The maximum atomic E-state index is 11.0. The Kier molecular flexibility index (Phi) is 4.20. The predicted octanol–water partition coefficient (Wildman–Crippen LogP) is 1.80. The monoisotopic (exact) mass is 294 g/mol. The van der Waals surface area contributed by atoms with Crippen LogP contribution >= 0.6 is 11.3 Å². The average molecular weight is 294 g/mol. The van der Waals surface area contributed by atoms with E-state index in [1.165, 1.54) is 11.3 Å². The fraction of sp³-hybridized carbons (Fsp3) is 0.182. The summed E-state index contributed by atoms with van der Waals surface area (Å²) in [4.78, 5) is 28.8. The summed E-state index contributed by atoms with van der Waals surface area (Å²) in [5.74, 6) is -1.08. The molecule has 0 aromatic carbocycles. The molecule has 0 aliphatic heterocycles. The average Bonchev–Trinajstić information content (AvgIpc) is 2.91. The first-order valence-electron chi connectivity index (χ1n) is 5.58. The van der Waals surface area contributed by atoms with Gasteiger partial charge in [0.25, 0.3) is 0 Å². The Morgan fingerprint density at radius 3 is 2.90 bits per heavy atom. The molecule has 2 heterocycles. The molecule has 2 N–H and O–H groups in total. The Labute approximate surface area is 117 Å². The Morgan fingerprint density at radius 2 is 2.30 bits per heavy atom. The number of nitrogens with zero attached hydrogens (tertiary/aromatic N) is 3. The molecule has 104 valence electrons. The van der Waals surface area contributed by atoms with Crippen molar-refractivity contribution in [3.8, 4) is 0 Å². The standard InChI is InChI=1S/C11H10N4O4S/c16-11(17)7-5-9(14-6-8(7)15(18)19)12-2-1-10-13-3-4-20-10/h3-6H,1-2H2,(H,12,14)(H,16,17). The van der Waals surface area contributed by atoms with E-state index in [2.05, 4.69) is 15.3 Å². The van der Waals surface area contributed by atoms with Gasteiger partial charge in [0.1, 0.15) is 17.6 Å². The molecule has 0 saturated heterocycles. The molecular formula is C11H10N4O4S. The second-order valence-electron chi connectivity index (χ2n) is 3.75. The van der Waals surface area contributed by atoms with Gasteiger partial charge in [-0.15, -0.1) is 11.3 Å². The molecule has 0 fully saturated rings. The summed E-state index contributed by atoms with van der Waals surface area (Å²) in [5.41, 5.74) is -0.912. The van der Waals surface area contributed by atoms with Crippen LogP contribution in [0.2, 0.25) is 0 Å². The largest absolute Gasteiger partial charge is 0.477 e. The van der Waals surface area contributed by atoms with Gasteiger partial charge in [-0.25, -0.2) is 14.8 Å². The van der Waals surface area contributed by atoms with Gasteiger partial charge in [0.2, 0.25) is 0 Å². The van der Waals surface area contributed by atoms with E-state index in [4.69, 9.17) is 5.11 Å². The lowest BCUT2D eigenvalue weighted by Crippen LogP contribution is -2.09. The minimum atomic E-state index is -1.36. The molecule has 0 aliphatic carbocycles. The summed E-state index contributed by atoms with van der Waals surface area (Å²) >= 11 is 1.52. The quantitative estimate of drug-likeness (QED) is 0.616. The lowest BCUT2D eigenvalue weighted by atomic mass is 10.2. The summed E-state index contributed by atoms with van der Waals surface area (Å²) in [6.07, 6.45) is 3.31. The number of aromatic nitrogens is 2. The summed E-state index contributed by atoms with van der Waals surface area (Å²) in [5, 5.41) is 25.3. The third-order valence-electron chi connectivity index (χ3n) is 2.44. The number of thiazole rings is 1. The Morgan fingerprint density at radius 1 is 1.50 bits per heavy atom. The molecule has 2 aromatic rings. The molecule has 2 aromatic heterocycles. The Bertz CT molecular complexity index is 629. The molecule has 9 heteroatoms. The van der Waals surface area contributed by atoms with Crippen LogP contribution in [0, 0.1) is 10.1 Å². The van der Waals surface area contributed by atoms with Crippen molar-refractivity contribution in [2.45, 2.75) is 6.42 Å². The van der Waals surface area contributed by atoms with E-state index in [1.54, 1.807) is 6.20 Å². The van der Waals surface area contributed by atoms with Crippen molar-refractivity contribution in [3.63, 3.8) is 0 Å². The van der Waals surface area contributed by atoms with Gasteiger partial charge >= 0.3 is 11.7 Å². The molecule has 0 atom stereocenters. The minimum Gasteiger partial charge on any atom is -0.477 e. The van der Waals surface area contributed by atoms with Gasteiger partial charge in [-0.1, -0.05) is 0 Å². The van der Waals surface area contributed by atoms with E-state index in [0.29, 0.717) is 13.0 Å². The highest BCUT2D eigenvalue weighted by molar-refractivity contribution is 7.09. The Balaban J connectivity index is 2.07. The second kappa shape index (κ2) is 6.06. The number of hydrogen-bond acceptors (Lipinski definition) is 7. The summed E-state index contributed by atoms with van der Waals surface area (Å²) in [6, 6.07) is 1.16. The lowest BCUT2D eigenvalue weighted by molar-refractivity contribution is -0.385. The number of pyridine rings is 1. The smallest absolute Gasteiger partial charge is 0.342 e. The van der Waals surface area contributed by atoms with Gasteiger partial charge in [-0.3, -0.25) is 10.1 Å². The summed E-state index contributed by atoms with van der Waals surface area (Å²) < 4.78 is 0. The molecular weight excluding hydrogens is 284 g/mol. The van der Waals surface area contributed by atoms with Crippen molar-refractivity contribution in [1.82, 2.24) is 9.97 Å². The van der Waals surface area contributed by atoms with Gasteiger partial charge < -0.3 is 10.4 Å². The lowest BCUT2D eigenvalue weighted by Gasteiger charge is -2.05. The highest BCUT2D eigenvalue weighted by Gasteiger charge is 2.20. The van der Waals surface area contributed by atoms with Crippen molar-refractivity contribution >= 4 is 28.8 Å². The van der Waals surface area contributed by atoms with Crippen molar-refractivity contribution in [1.29, 1.82) is 0 Å². The van der Waals surface area contributed by atoms with E-state index in [-0.39, 0.29) is 11.4 Å². The third-order valence-corrected chi connectivity index (χ3v) is 3.28. The third kappa shape index (κ3) is 3.26. The van der Waals surface area contributed by atoms with Crippen LogP contribution in [0.1, 0.15) is 15.4 Å². The molecule has 0 unspecified atom stereocenters. The molecule has 0 radical (unpaired) electrons. The van der Waals surface area contributed by atoms with Crippen molar-refractivity contribution in [2.24, 2.45) is 0 Å². The first-order chi connectivity index (χ1) is 9.58. The number of hydrogen-bond donors (Lipinski definition) is 2. The number of rotatable bonds is 6. The highest BCUT2D eigenvalue weighted by atomic mass is 32.1. The normalized spacial score (nSPS) is 10.2. The van der Waals surface area contributed by atoms with Crippen LogP contribution in [0.4, 0.5) is 11.5 Å². The van der Waals surface area contributed by atoms with Crippen LogP contribution in [-0.4, -0.2) is 32.5 Å². The van der Waals surface area contributed by atoms with Gasteiger partial charge in [-0.2, -0.15) is 0 Å². The number of carboxylic acids is 1. The van der Waals surface area contributed by atoms with Crippen LogP contribution in [0.25, 0.3) is 0 Å². The maximum Gasteiger partial charge on any atom is 0.342 e. The first kappa shape index (κ1) is 13.9. The predicted molar refractivity (Wildman–Crippen MR) is 72.2 cm³/mol. The molecule has 0 spiro atoms. The minimum absolute atomic E-state index is 0.282. The molecule has 0 aliphatic rings. The zero-order valence-corrected chi connectivity index (χ0v) is 11.0. The van der Waals surface area contributed by atoms with Crippen LogP contribution in [-0.2, 0) is 6.42 Å². The number of carboxylic acid groups (broad SMARTS) is 1. The van der Waals surface area contributed by atoms with Crippen molar-refractivity contribution in [2.75, 3.05) is 11.9 Å². The molecule has 20 heavy (non-hydrogen) atoms. The van der Waals surface area contributed by atoms with E-state index in [1.807, 2.05) is 5.38 Å². The van der Waals surface area contributed by atoms with Crippen LogP contribution in [0.15, 0.2) is 23.8 Å². The van der Waals surface area contributed by atoms with Crippen molar-refractivity contribution < 1.29 is 14.8 Å². The topological polar surface area (TPSA) is 118 Å². The molecule has 0 saturated carbocycles. The zero-order valence-electron chi connectivity index (χ0n) is 10.1. The van der Waals surface area contributed by atoms with Gasteiger partial charge in [-0.05, 0) is 0 Å². The fourth-order valence-corrected chi connectivity index (χ4v) is 2.16. The van der Waals surface area contributed by atoms with E-state index in [0.717, 1.165) is 17.3 Å². The van der Waals surface area contributed by atoms with Gasteiger partial charge in [0.15, 0.2) is 0 Å². The second-order valence-corrected chi connectivity index (χ2v) is 4.73. The zero-order chi connectivity index (χ0) is 14.5. The Hall–Kier alpha value is -2.55. The van der Waals surface area contributed by atoms with Gasteiger partial charge in [0.05, 0.1) is 9.93 Å². The molecule has 8 nitrogen and oxygen atoms in total. The number of nitro groups is 1. The van der Waals surface area contributed by atoms with E-state index in [9.17, 15) is 14.9 Å². The number of nitrogens with one attached hydrogen (secondary N) is 1. The summed E-state index contributed by atoms with van der Waals surface area (Å²) in [6.45, 7) is 0.511. The fourth-order valence-electron chi connectivity index (χ4n) is 1.54. The SMILES string of the molecule is O=C(O)c1cc(NCCc2nccs2)ncc1[N+](=O)[O-]. The van der Waals surface area contributed by atoms with E-state index >= 15 is 0 Å². The van der Waals surface area contributed by atoms with Crippen molar-refractivity contribution in [3.05, 3.63) is 44.5 Å². The van der Waals surface area contributed by atoms with Crippen LogP contribution < -0.4 is 5.32 Å². The van der Waals surface area contributed by atoms with Crippen LogP contribution in [0.5, 0.6) is 0 Å². The first-order valence-corrected chi connectivity index (χ1v) is 6.46. The maximum absolute atomic E-state index is 11.0. The number of carbonyl (C=O) groups is 1. The summed E-state index contributed by atoms with van der Waals surface area (Å²) in [7, 11) is 0. The number of anilines is 1. The van der Waals surface area contributed by atoms with Crippen LogP contribution in [0.3, 0.4) is 0 Å². The molecule has 2 rings (SSSR count).